The fraction of sp³-hybridized carbons (Fsp3) is 1.00. The molecule has 0 saturated heterocycles. The maximum absolute atomic E-state index is 5.67. The molecular formula is C9H26O3Si2. The van der Waals surface area contributed by atoms with E-state index >= 15 is 0 Å². The number of hydrogen-bond acceptors (Lipinski definition) is 3. The van der Waals surface area contributed by atoms with Crippen molar-refractivity contribution in [2.24, 2.45) is 0 Å². The molecule has 0 radical (unpaired) electrons. The summed E-state index contributed by atoms with van der Waals surface area (Å²) in [4.78, 5) is 0. The van der Waals surface area contributed by atoms with E-state index < -0.39 is 8.80 Å². The minimum absolute atomic E-state index is 0. The van der Waals surface area contributed by atoms with Gasteiger partial charge in [-0.15, -0.1) is 0 Å². The van der Waals surface area contributed by atoms with Crippen molar-refractivity contribution in [3.05, 3.63) is 0 Å². The molecule has 0 aromatic carbocycles. The Kier molecular flexibility index (Phi) is 10.3. The minimum atomic E-state index is -2.37. The van der Waals surface area contributed by atoms with E-state index in [1.165, 1.54) is 0 Å². The predicted octanol–water partition coefficient (Wildman–Crippen LogP) is 0.993. The van der Waals surface area contributed by atoms with Crippen molar-refractivity contribution in [1.82, 2.24) is 0 Å². The minimum Gasteiger partial charge on any atom is -0.374 e. The smallest absolute Gasteiger partial charge is 0.374 e. The third kappa shape index (κ3) is 4.70. The van der Waals surface area contributed by atoms with Gasteiger partial charge in [0.2, 0.25) is 0 Å². The molecule has 14 heavy (non-hydrogen) atoms. The molecule has 0 spiro atoms. The first-order chi connectivity index (χ1) is 6.13. The fourth-order valence-electron chi connectivity index (χ4n) is 1.23. The molecule has 0 bridgehead atoms. The van der Waals surface area contributed by atoms with Crippen molar-refractivity contribution < 1.29 is 13.3 Å². The Morgan fingerprint density at radius 3 is 1.29 bits per heavy atom. The van der Waals surface area contributed by atoms with E-state index in [1.807, 2.05) is 20.8 Å². The molecule has 0 heterocycles. The summed E-state index contributed by atoms with van der Waals surface area (Å²) in [5, 5.41) is 0. The van der Waals surface area contributed by atoms with Crippen LogP contribution in [0.5, 0.6) is 0 Å². The highest BCUT2D eigenvalue weighted by atomic mass is 28.4. The Labute approximate surface area is 93.5 Å². The molecule has 0 rings (SSSR count). The quantitative estimate of drug-likeness (QED) is 0.619. The number of rotatable bonds is 7. The zero-order valence-electron chi connectivity index (χ0n) is 9.42. The summed E-state index contributed by atoms with van der Waals surface area (Å²) in [6.07, 6.45) is 0. The number of hydrogen-bond donors (Lipinski definition) is 0. The van der Waals surface area contributed by atoms with Crippen LogP contribution in [-0.4, -0.2) is 39.6 Å². The van der Waals surface area contributed by atoms with Crippen molar-refractivity contribution in [3.63, 3.8) is 0 Å². The van der Waals surface area contributed by atoms with Crippen LogP contribution in [0.2, 0.25) is 5.54 Å². The van der Waals surface area contributed by atoms with E-state index in [9.17, 15) is 0 Å². The van der Waals surface area contributed by atoms with Gasteiger partial charge in [0, 0.05) is 25.4 Å². The lowest BCUT2D eigenvalue weighted by Crippen LogP contribution is -2.48. The second-order valence-electron chi connectivity index (χ2n) is 3.06. The van der Waals surface area contributed by atoms with Crippen LogP contribution in [0.15, 0.2) is 0 Å². The van der Waals surface area contributed by atoms with Gasteiger partial charge in [-0.05, 0) is 31.7 Å². The monoisotopic (exact) mass is 238 g/mol. The second-order valence-corrected chi connectivity index (χ2v) is 6.29. The molecule has 5 heteroatoms. The zero-order chi connectivity index (χ0) is 10.3. The molecule has 0 atom stereocenters. The lowest BCUT2D eigenvalue weighted by atomic mass is 10.6. The average Bonchev–Trinajstić information content (AvgIpc) is 2.05. The van der Waals surface area contributed by atoms with E-state index in [4.69, 9.17) is 13.3 Å². The maximum Gasteiger partial charge on any atom is 0.503 e. The molecule has 0 aliphatic heterocycles. The fourth-order valence-corrected chi connectivity index (χ4v) is 3.69. The van der Waals surface area contributed by atoms with Gasteiger partial charge < -0.3 is 13.3 Å². The summed E-state index contributed by atoms with van der Waals surface area (Å²) in [5.41, 5.74) is 0.326. The van der Waals surface area contributed by atoms with Crippen LogP contribution in [0.4, 0.5) is 0 Å². The molecule has 0 aliphatic carbocycles. The molecule has 0 saturated carbocycles. The van der Waals surface area contributed by atoms with Crippen LogP contribution in [0.1, 0.15) is 34.6 Å². The van der Waals surface area contributed by atoms with Crippen molar-refractivity contribution in [2.75, 3.05) is 19.8 Å². The molecule has 88 valence electrons. The van der Waals surface area contributed by atoms with E-state index in [1.54, 1.807) is 0 Å². The molecule has 0 unspecified atom stereocenters. The second kappa shape index (κ2) is 8.61. The third-order valence-electron chi connectivity index (χ3n) is 1.74. The van der Waals surface area contributed by atoms with Crippen molar-refractivity contribution in [2.45, 2.75) is 40.2 Å². The summed E-state index contributed by atoms with van der Waals surface area (Å²) in [6, 6.07) is 0. The highest BCUT2D eigenvalue weighted by Crippen LogP contribution is 2.24. The first kappa shape index (κ1) is 16.7. The topological polar surface area (TPSA) is 27.7 Å². The highest BCUT2D eigenvalue weighted by molar-refractivity contribution is 6.62. The van der Waals surface area contributed by atoms with Gasteiger partial charge in [-0.2, -0.15) is 0 Å². The summed E-state index contributed by atoms with van der Waals surface area (Å²) in [7, 11) is -2.37. The van der Waals surface area contributed by atoms with Crippen LogP contribution >= 0.6 is 0 Å². The van der Waals surface area contributed by atoms with Crippen molar-refractivity contribution in [1.29, 1.82) is 0 Å². The van der Waals surface area contributed by atoms with Gasteiger partial charge in [0.05, 0.1) is 0 Å². The largest absolute Gasteiger partial charge is 0.503 e. The van der Waals surface area contributed by atoms with Gasteiger partial charge in [0.1, 0.15) is 0 Å². The zero-order valence-corrected chi connectivity index (χ0v) is 10.4. The summed E-state index contributed by atoms with van der Waals surface area (Å²) >= 11 is 0. The summed E-state index contributed by atoms with van der Waals surface area (Å²) in [5.74, 6) is 0. The molecule has 0 aromatic rings. The Morgan fingerprint density at radius 1 is 0.857 bits per heavy atom. The summed E-state index contributed by atoms with van der Waals surface area (Å²) < 4.78 is 17.0. The predicted molar refractivity (Wildman–Crippen MR) is 67.1 cm³/mol. The Morgan fingerprint density at radius 2 is 1.14 bits per heavy atom. The first-order valence-electron chi connectivity index (χ1n) is 5.04. The maximum atomic E-state index is 5.67. The highest BCUT2D eigenvalue weighted by Gasteiger charge is 2.44. The molecule has 0 N–H and O–H groups in total. The molecule has 0 aliphatic rings. The standard InChI is InChI=1S/C9H22O3Si.H4Si/c1-6-10-13(9(4)5,11-7-2)12-8-3;/h9H,6-8H2,1-5H3;1H4. The average molecular weight is 238 g/mol. The SMILES string of the molecule is CCO[Si](OCC)(OCC)C(C)C.[SiH4]. The molecular weight excluding hydrogens is 212 g/mol. The summed E-state index contributed by atoms with van der Waals surface area (Å²) in [6.45, 7) is 12.1. The first-order valence-corrected chi connectivity index (χ1v) is 6.85. The molecule has 0 amide bonds. The lowest BCUT2D eigenvalue weighted by molar-refractivity contribution is 0.0641. The van der Waals surface area contributed by atoms with Gasteiger partial charge >= 0.3 is 8.80 Å². The van der Waals surface area contributed by atoms with Gasteiger partial charge in [-0.1, -0.05) is 13.8 Å². The lowest BCUT2D eigenvalue weighted by Gasteiger charge is -2.31. The van der Waals surface area contributed by atoms with Crippen LogP contribution in [0, 0.1) is 0 Å². The van der Waals surface area contributed by atoms with Gasteiger partial charge in [-0.3, -0.25) is 0 Å². The van der Waals surface area contributed by atoms with Gasteiger partial charge in [0.25, 0.3) is 0 Å². The molecule has 3 nitrogen and oxygen atoms in total. The molecule has 0 aromatic heterocycles. The van der Waals surface area contributed by atoms with Crippen molar-refractivity contribution >= 4 is 19.8 Å². The van der Waals surface area contributed by atoms with E-state index in [0.717, 1.165) is 0 Å². The van der Waals surface area contributed by atoms with Gasteiger partial charge in [0.15, 0.2) is 0 Å². The Bertz CT molecular complexity index is 114. The van der Waals surface area contributed by atoms with Gasteiger partial charge in [-0.25, -0.2) is 0 Å². The van der Waals surface area contributed by atoms with Crippen molar-refractivity contribution in [3.8, 4) is 0 Å². The van der Waals surface area contributed by atoms with E-state index in [0.29, 0.717) is 25.4 Å². The Balaban J connectivity index is 0. The normalized spacial score (nSPS) is 11.6. The van der Waals surface area contributed by atoms with Crippen LogP contribution < -0.4 is 0 Å². The van der Waals surface area contributed by atoms with Crippen LogP contribution in [-0.2, 0) is 13.3 Å². The Hall–Kier alpha value is 0.314. The third-order valence-corrected chi connectivity index (χ3v) is 5.23. The van der Waals surface area contributed by atoms with Crippen LogP contribution in [0.25, 0.3) is 0 Å². The van der Waals surface area contributed by atoms with E-state index in [-0.39, 0.29) is 11.0 Å². The van der Waals surface area contributed by atoms with E-state index in [2.05, 4.69) is 13.8 Å². The molecule has 0 fully saturated rings. The van der Waals surface area contributed by atoms with Crippen LogP contribution in [0.3, 0.4) is 0 Å².